The van der Waals surface area contributed by atoms with E-state index in [1.54, 1.807) is 13.8 Å². The van der Waals surface area contributed by atoms with E-state index in [1.807, 2.05) is 0 Å². The van der Waals surface area contributed by atoms with Crippen molar-refractivity contribution in [2.75, 3.05) is 13.2 Å². The minimum atomic E-state index is -4.34. The van der Waals surface area contributed by atoms with Crippen LogP contribution in [-0.4, -0.2) is 38.5 Å². The average molecular weight is 405 g/mol. The van der Waals surface area contributed by atoms with Crippen molar-refractivity contribution in [3.63, 3.8) is 0 Å². The molecule has 1 heterocycles. The van der Waals surface area contributed by atoms with Gasteiger partial charge in [-0.2, -0.15) is 0 Å². The lowest BCUT2D eigenvalue weighted by Crippen LogP contribution is -2.49. The molecule has 0 atom stereocenters. The summed E-state index contributed by atoms with van der Waals surface area (Å²) in [7, 11) is -4.34. The predicted molar refractivity (Wildman–Crippen MR) is 92.0 cm³/mol. The topological polar surface area (TPSA) is 92.8 Å². The molecule has 1 aromatic rings. The molecule has 1 aliphatic heterocycles. The number of carbonyl (C=O) groups is 2. The number of nitrogens with zero attached hydrogens (tertiary/aromatic N) is 1. The van der Waals surface area contributed by atoms with E-state index in [4.69, 9.17) is 16.3 Å². The smallest absolute Gasteiger partial charge is 0.310 e. The van der Waals surface area contributed by atoms with Crippen LogP contribution in [0.3, 0.4) is 0 Å². The lowest BCUT2D eigenvalue weighted by Gasteiger charge is -2.29. The van der Waals surface area contributed by atoms with Crippen LogP contribution in [0.4, 0.5) is 4.39 Å². The highest BCUT2D eigenvalue weighted by atomic mass is 35.5. The molecule has 0 aliphatic carbocycles. The normalized spacial score (nSPS) is 15.4. The maximum Gasteiger partial charge on any atom is 0.310 e. The molecule has 142 valence electrons. The second-order valence-electron chi connectivity index (χ2n) is 5.62. The van der Waals surface area contributed by atoms with Gasteiger partial charge in [-0.1, -0.05) is 17.2 Å². The first kappa shape index (κ1) is 20.3. The van der Waals surface area contributed by atoms with Crippen molar-refractivity contribution in [1.29, 1.82) is 0 Å². The van der Waals surface area contributed by atoms with Crippen molar-refractivity contribution < 1.29 is 27.1 Å². The Kier molecular flexibility index (Phi) is 6.38. The summed E-state index contributed by atoms with van der Waals surface area (Å²) in [5.41, 5.74) is 0.838. The first-order valence-corrected chi connectivity index (χ1v) is 9.65. The van der Waals surface area contributed by atoms with Crippen molar-refractivity contribution >= 4 is 33.5 Å². The third-order valence-corrected chi connectivity index (χ3v) is 5.38. The number of benzene rings is 1. The van der Waals surface area contributed by atoms with Crippen molar-refractivity contribution in [3.8, 4) is 0 Å². The van der Waals surface area contributed by atoms with Crippen LogP contribution >= 0.6 is 11.6 Å². The molecule has 0 unspecified atom stereocenters. The fourth-order valence-electron chi connectivity index (χ4n) is 2.43. The van der Waals surface area contributed by atoms with E-state index < -0.39 is 32.6 Å². The van der Waals surface area contributed by atoms with Gasteiger partial charge in [-0.15, -0.1) is 4.83 Å². The van der Waals surface area contributed by atoms with E-state index in [-0.39, 0.29) is 30.2 Å². The molecular formula is C16H18ClFN2O5S. The quantitative estimate of drug-likeness (QED) is 0.733. The van der Waals surface area contributed by atoms with E-state index in [0.29, 0.717) is 12.0 Å². The number of hydrogen-bond acceptors (Lipinski definition) is 5. The van der Waals surface area contributed by atoms with Gasteiger partial charge in [-0.25, -0.2) is 12.8 Å². The molecule has 1 N–H and O–H groups in total. The van der Waals surface area contributed by atoms with E-state index in [2.05, 4.69) is 4.83 Å². The Morgan fingerprint density at radius 1 is 1.42 bits per heavy atom. The second kappa shape index (κ2) is 8.15. The van der Waals surface area contributed by atoms with Gasteiger partial charge in [0.25, 0.3) is 15.9 Å². The highest BCUT2D eigenvalue weighted by Crippen LogP contribution is 2.23. The largest absolute Gasteiger partial charge is 0.466 e. The molecule has 0 spiro atoms. The molecule has 0 bridgehead atoms. The fraction of sp³-hybridized carbons (Fsp3) is 0.375. The zero-order chi connectivity index (χ0) is 19.5. The van der Waals surface area contributed by atoms with Gasteiger partial charge in [0.15, 0.2) is 0 Å². The number of esters is 1. The molecule has 0 saturated heterocycles. The molecule has 0 fully saturated rings. The van der Waals surface area contributed by atoms with Gasteiger partial charge in [0.05, 0.1) is 13.0 Å². The average Bonchev–Trinajstić information content (AvgIpc) is 2.54. The van der Waals surface area contributed by atoms with Crippen molar-refractivity contribution in [2.45, 2.75) is 31.6 Å². The SMILES string of the molecule is CCOC(=O)CC1=C(C)CCN(NS(=O)(=O)c2ccc(Cl)cc2F)C1=O. The number of ether oxygens (including phenoxy) is 1. The minimum absolute atomic E-state index is 0.0470. The van der Waals surface area contributed by atoms with Crippen LogP contribution in [-0.2, 0) is 24.3 Å². The van der Waals surface area contributed by atoms with Crippen molar-refractivity contribution in [3.05, 3.63) is 40.2 Å². The molecular weight excluding hydrogens is 387 g/mol. The first-order valence-electron chi connectivity index (χ1n) is 7.79. The number of amides is 1. The molecule has 2 rings (SSSR count). The van der Waals surface area contributed by atoms with E-state index >= 15 is 0 Å². The fourth-order valence-corrected chi connectivity index (χ4v) is 3.72. The third kappa shape index (κ3) is 4.60. The summed E-state index contributed by atoms with van der Waals surface area (Å²) in [5.74, 6) is -2.28. The molecule has 1 aromatic carbocycles. The van der Waals surface area contributed by atoms with Gasteiger partial charge in [-0.3, -0.25) is 14.6 Å². The summed E-state index contributed by atoms with van der Waals surface area (Å²) in [6.07, 6.45) is 0.109. The van der Waals surface area contributed by atoms with Crippen LogP contribution in [0.1, 0.15) is 26.7 Å². The van der Waals surface area contributed by atoms with Crippen LogP contribution in [0.2, 0.25) is 5.02 Å². The molecule has 1 aliphatic rings. The Hall–Kier alpha value is -1.97. The number of halogens is 2. The standard InChI is InChI=1S/C16H18ClFN2O5S/c1-3-25-15(21)9-12-10(2)6-7-20(16(12)22)19-26(23,24)14-5-4-11(17)8-13(14)18/h4-5,8,19H,3,6-7,9H2,1-2H3. The molecule has 0 aromatic heterocycles. The Balaban J connectivity index is 2.22. The van der Waals surface area contributed by atoms with E-state index in [9.17, 15) is 22.4 Å². The Bertz CT molecular complexity index is 869. The van der Waals surface area contributed by atoms with Crippen LogP contribution in [0.5, 0.6) is 0 Å². The third-order valence-electron chi connectivity index (χ3n) is 3.77. The second-order valence-corrected chi connectivity index (χ2v) is 7.68. The number of hydrazine groups is 1. The summed E-state index contributed by atoms with van der Waals surface area (Å²) in [6, 6.07) is 3.10. The first-order chi connectivity index (χ1) is 12.2. The maximum atomic E-state index is 13.9. The molecule has 10 heteroatoms. The maximum absolute atomic E-state index is 13.9. The van der Waals surface area contributed by atoms with Crippen molar-refractivity contribution in [1.82, 2.24) is 9.84 Å². The number of rotatable bonds is 6. The summed E-state index contributed by atoms with van der Waals surface area (Å²) < 4.78 is 43.5. The van der Waals surface area contributed by atoms with E-state index in [0.717, 1.165) is 17.1 Å². The number of sulfonamides is 1. The van der Waals surface area contributed by atoms with Gasteiger partial charge < -0.3 is 4.74 Å². The molecule has 26 heavy (non-hydrogen) atoms. The monoisotopic (exact) mass is 404 g/mol. The molecule has 7 nitrogen and oxygen atoms in total. The van der Waals surface area contributed by atoms with Crippen LogP contribution < -0.4 is 4.83 Å². The number of carbonyl (C=O) groups excluding carboxylic acids is 2. The zero-order valence-electron chi connectivity index (χ0n) is 14.2. The Labute approximate surface area is 155 Å². The van der Waals surface area contributed by atoms with Crippen LogP contribution in [0.15, 0.2) is 34.2 Å². The lowest BCUT2D eigenvalue weighted by molar-refractivity contribution is -0.143. The van der Waals surface area contributed by atoms with Gasteiger partial charge in [0, 0.05) is 17.1 Å². The summed E-state index contributed by atoms with van der Waals surface area (Å²) in [6.45, 7) is 3.57. The zero-order valence-corrected chi connectivity index (χ0v) is 15.8. The van der Waals surface area contributed by atoms with Gasteiger partial charge >= 0.3 is 5.97 Å². The van der Waals surface area contributed by atoms with Gasteiger partial charge in [-0.05, 0) is 38.5 Å². The van der Waals surface area contributed by atoms with E-state index in [1.165, 1.54) is 6.07 Å². The number of nitrogens with one attached hydrogen (secondary N) is 1. The Morgan fingerprint density at radius 2 is 2.12 bits per heavy atom. The highest BCUT2D eigenvalue weighted by molar-refractivity contribution is 7.89. The Morgan fingerprint density at radius 3 is 2.73 bits per heavy atom. The predicted octanol–water partition coefficient (Wildman–Crippen LogP) is 2.17. The molecule has 0 radical (unpaired) electrons. The van der Waals surface area contributed by atoms with Gasteiger partial charge in [0.1, 0.15) is 10.7 Å². The van der Waals surface area contributed by atoms with Crippen LogP contribution in [0.25, 0.3) is 0 Å². The highest BCUT2D eigenvalue weighted by Gasteiger charge is 2.31. The lowest BCUT2D eigenvalue weighted by atomic mass is 9.99. The minimum Gasteiger partial charge on any atom is -0.466 e. The van der Waals surface area contributed by atoms with Gasteiger partial charge in [0.2, 0.25) is 0 Å². The molecule has 0 saturated carbocycles. The number of hydrogen-bond donors (Lipinski definition) is 1. The summed E-state index contributed by atoms with van der Waals surface area (Å²) >= 11 is 5.62. The molecule has 1 amide bonds. The van der Waals surface area contributed by atoms with Crippen LogP contribution in [0, 0.1) is 5.82 Å². The summed E-state index contributed by atoms with van der Waals surface area (Å²) in [4.78, 5) is 25.6. The summed E-state index contributed by atoms with van der Waals surface area (Å²) in [5, 5.41) is 0.899. The van der Waals surface area contributed by atoms with Crippen molar-refractivity contribution in [2.24, 2.45) is 0 Å².